The molecule has 2 unspecified atom stereocenters. The van der Waals surface area contributed by atoms with E-state index in [0.29, 0.717) is 28.9 Å². The molecule has 28 heteroatoms. The molecule has 5 rings (SSSR count). The number of rotatable bonds is 15. The Morgan fingerprint density at radius 2 is 1.71 bits per heavy atom. The Labute approximate surface area is 382 Å². The number of carbonyl (C=O) groups is 4. The summed E-state index contributed by atoms with van der Waals surface area (Å²) >= 11 is 13.7. The molecule has 65 heavy (non-hydrogen) atoms. The van der Waals surface area contributed by atoms with Gasteiger partial charge < -0.3 is 35.1 Å². The standard InChI is InChI=1S/C18H13ClF3NO7.C14H13ClFN3O3S2.C5H12NO4P/c1-2-28-16(24)9-29-17(25)12-8-11(4-5-14(12)23(26)27)30-15-6-3-10(7-13(15)19)18(20,21)22;15-8-5-9(16)10(6-11(8)23-7-12(20)21)17-13-18-3-1-2-4-19(18)14(22)24-13;1-11(9,10)3-2-4(6)5(7)8/h3-8H,2,9H2,1H3;5-6H,1-4,7H2,(H,20,21);4H,2-3,6H2,1H3,(H,7,8)(H,9,10). The Morgan fingerprint density at radius 3 is 2.28 bits per heavy atom. The molecule has 354 valence electrons. The van der Waals surface area contributed by atoms with Gasteiger partial charge in [0.05, 0.1) is 32.9 Å². The predicted molar refractivity (Wildman–Crippen MR) is 228 cm³/mol. The number of nitrogens with two attached hydrogens (primary N) is 1. The lowest BCUT2D eigenvalue weighted by molar-refractivity contribution is -0.385. The van der Waals surface area contributed by atoms with Crippen molar-refractivity contribution in [3.05, 3.63) is 100 Å². The Morgan fingerprint density at radius 1 is 1.05 bits per heavy atom. The monoisotopic (exact) mass is 1020 g/mol. The molecule has 5 N–H and O–H groups in total. The van der Waals surface area contributed by atoms with Crippen molar-refractivity contribution in [1.82, 2.24) is 9.36 Å². The summed E-state index contributed by atoms with van der Waals surface area (Å²) in [6.45, 7) is 3.30. The van der Waals surface area contributed by atoms with Gasteiger partial charge in [0, 0.05) is 42.9 Å². The number of alkyl halides is 3. The van der Waals surface area contributed by atoms with Gasteiger partial charge in [-0.3, -0.25) is 33.7 Å². The van der Waals surface area contributed by atoms with Gasteiger partial charge in [-0.2, -0.15) is 13.2 Å². The van der Waals surface area contributed by atoms with Crippen LogP contribution in [0.25, 0.3) is 0 Å². The highest BCUT2D eigenvalue weighted by molar-refractivity contribution is 8.00. The molecule has 0 fully saturated rings. The molecule has 0 spiro atoms. The van der Waals surface area contributed by atoms with Gasteiger partial charge in [-0.1, -0.05) is 23.2 Å². The normalized spacial score (nSPS) is 13.7. The SMILES string of the molecule is CCOC(=O)COC(=O)c1cc(Oc2ccc(C(F)(F)F)cc2Cl)ccc1[N+](=O)[O-].CP(=O)(O)CCC(N)C(=O)O.O=C(O)CSc1cc(N=c2sc(=O)n3n2CCCC3)c(F)cc1Cl. The lowest BCUT2D eigenvalue weighted by atomic mass is 10.1. The summed E-state index contributed by atoms with van der Waals surface area (Å²) in [5.74, 6) is -5.29. The van der Waals surface area contributed by atoms with Crippen molar-refractivity contribution < 1.29 is 75.5 Å². The molecule has 1 aliphatic rings. The molecule has 1 aromatic heterocycles. The summed E-state index contributed by atoms with van der Waals surface area (Å²) < 4.78 is 81.0. The molecular formula is C37H38Cl2F4N5O14PS2. The average Bonchev–Trinajstić information content (AvgIpc) is 3.54. The molecule has 2 heterocycles. The molecule has 0 aliphatic carbocycles. The maximum absolute atomic E-state index is 14.2. The van der Waals surface area contributed by atoms with Crippen molar-refractivity contribution >= 4 is 88.9 Å². The molecule has 0 bridgehead atoms. The van der Waals surface area contributed by atoms with Crippen LogP contribution in [0.5, 0.6) is 11.5 Å². The van der Waals surface area contributed by atoms with Crippen LogP contribution in [0.4, 0.5) is 28.9 Å². The maximum atomic E-state index is 14.2. The molecular weight excluding hydrogens is 980 g/mol. The number of ether oxygens (including phenoxy) is 3. The van der Waals surface area contributed by atoms with Gasteiger partial charge in [0.2, 0.25) is 4.80 Å². The minimum absolute atomic E-state index is 0.0370. The van der Waals surface area contributed by atoms with Gasteiger partial charge in [-0.15, -0.1) is 11.8 Å². The van der Waals surface area contributed by atoms with E-state index in [-0.39, 0.29) is 57.0 Å². The number of nitro groups is 1. The van der Waals surface area contributed by atoms with E-state index in [1.165, 1.54) is 19.7 Å². The summed E-state index contributed by atoms with van der Waals surface area (Å²) in [7, 11) is -3.10. The van der Waals surface area contributed by atoms with Gasteiger partial charge >= 0.3 is 34.9 Å². The van der Waals surface area contributed by atoms with Crippen molar-refractivity contribution in [2.45, 2.75) is 56.4 Å². The van der Waals surface area contributed by atoms with Crippen LogP contribution in [0.2, 0.25) is 10.0 Å². The van der Waals surface area contributed by atoms with E-state index in [0.717, 1.165) is 72.3 Å². The van der Waals surface area contributed by atoms with E-state index in [2.05, 4.69) is 9.73 Å². The number of fused-ring (bicyclic) bond motifs is 1. The number of nitro benzene ring substituents is 1. The van der Waals surface area contributed by atoms with Crippen LogP contribution in [-0.2, 0) is 47.7 Å². The van der Waals surface area contributed by atoms with E-state index in [9.17, 15) is 56.2 Å². The summed E-state index contributed by atoms with van der Waals surface area (Å²) in [5, 5.41) is 28.0. The van der Waals surface area contributed by atoms with Crippen LogP contribution in [0.1, 0.15) is 42.1 Å². The zero-order chi connectivity index (χ0) is 48.8. The topological polar surface area (TPSA) is 282 Å². The quantitative estimate of drug-likeness (QED) is 0.0229. The molecule has 0 saturated heterocycles. The first-order chi connectivity index (χ1) is 30.3. The van der Waals surface area contributed by atoms with Crippen LogP contribution in [-0.4, -0.2) is 91.1 Å². The number of benzene rings is 3. The number of carboxylic acid groups (broad SMARTS) is 2. The van der Waals surface area contributed by atoms with E-state index in [1.54, 1.807) is 9.36 Å². The first kappa shape index (κ1) is 54.0. The molecule has 0 saturated carbocycles. The minimum Gasteiger partial charge on any atom is -0.481 e. The molecule has 4 aromatic rings. The predicted octanol–water partition coefficient (Wildman–Crippen LogP) is 7.17. The average molecular weight is 1020 g/mol. The van der Waals surface area contributed by atoms with Crippen LogP contribution in [0, 0.1) is 15.9 Å². The van der Waals surface area contributed by atoms with Crippen LogP contribution < -0.4 is 20.1 Å². The van der Waals surface area contributed by atoms with Crippen molar-refractivity contribution in [1.29, 1.82) is 0 Å². The van der Waals surface area contributed by atoms with Crippen molar-refractivity contribution in [3.8, 4) is 11.5 Å². The van der Waals surface area contributed by atoms with E-state index < -0.39 is 77.6 Å². The maximum Gasteiger partial charge on any atom is 0.416 e. The second-order valence-corrected chi connectivity index (χ2v) is 18.5. The van der Waals surface area contributed by atoms with Gasteiger partial charge in [0.1, 0.15) is 34.6 Å². The van der Waals surface area contributed by atoms with Gasteiger partial charge in [-0.05, 0) is 73.9 Å². The highest BCUT2D eigenvalue weighted by Gasteiger charge is 2.31. The highest BCUT2D eigenvalue weighted by Crippen LogP contribution is 2.38. The van der Waals surface area contributed by atoms with E-state index in [1.807, 2.05) is 0 Å². The number of thioether (sulfide) groups is 1. The van der Waals surface area contributed by atoms with Crippen LogP contribution >= 0.6 is 53.7 Å². The summed E-state index contributed by atoms with van der Waals surface area (Å²) in [4.78, 5) is 80.3. The third-order valence-corrected chi connectivity index (χ3v) is 11.8. The van der Waals surface area contributed by atoms with Crippen molar-refractivity contribution in [3.63, 3.8) is 0 Å². The Kier molecular flexibility index (Phi) is 20.2. The van der Waals surface area contributed by atoms with Crippen molar-refractivity contribution in [2.24, 2.45) is 10.7 Å². The Bertz CT molecular complexity index is 2590. The molecule has 19 nitrogen and oxygen atoms in total. The lowest BCUT2D eigenvalue weighted by Gasteiger charge is -2.15. The van der Waals surface area contributed by atoms with E-state index in [4.69, 9.17) is 53.5 Å². The number of halogens is 6. The number of esters is 2. The summed E-state index contributed by atoms with van der Waals surface area (Å²) in [5.41, 5.74) is 2.97. The number of hydrogen-bond acceptors (Lipinski definition) is 15. The fourth-order valence-corrected chi connectivity index (χ4v) is 7.92. The highest BCUT2D eigenvalue weighted by atomic mass is 35.5. The minimum atomic E-state index is -4.61. The first-order valence-corrected chi connectivity index (χ1v) is 23.3. The van der Waals surface area contributed by atoms with Gasteiger partial charge in [0.25, 0.3) is 5.69 Å². The summed E-state index contributed by atoms with van der Waals surface area (Å²) in [6.07, 6.45) is -2.74. The third-order valence-electron chi connectivity index (χ3n) is 8.13. The van der Waals surface area contributed by atoms with Gasteiger partial charge in [0.15, 0.2) is 14.0 Å². The number of hydrogen-bond donors (Lipinski definition) is 4. The second-order valence-electron chi connectivity index (χ2n) is 13.2. The Balaban J connectivity index is 0.000000286. The Hall–Kier alpha value is -5.30. The fourth-order valence-electron chi connectivity index (χ4n) is 5.07. The van der Waals surface area contributed by atoms with Crippen LogP contribution in [0.3, 0.4) is 0 Å². The number of aliphatic carboxylic acids is 2. The summed E-state index contributed by atoms with van der Waals surface area (Å²) in [6, 6.07) is 6.84. The second kappa shape index (κ2) is 24.3. The molecule has 0 amide bonds. The number of carbonyl (C=O) groups excluding carboxylic acids is 2. The van der Waals surface area contributed by atoms with Gasteiger partial charge in [-0.25, -0.2) is 23.7 Å². The molecule has 3 aromatic carbocycles. The molecule has 2 atom stereocenters. The lowest BCUT2D eigenvalue weighted by Crippen LogP contribution is -2.31. The van der Waals surface area contributed by atoms with Crippen LogP contribution in [0.15, 0.2) is 63.2 Å². The first-order valence-electron chi connectivity index (χ1n) is 18.4. The largest absolute Gasteiger partial charge is 0.481 e. The third kappa shape index (κ3) is 17.2. The van der Waals surface area contributed by atoms with Crippen molar-refractivity contribution in [2.75, 3.05) is 31.8 Å². The number of aromatic nitrogens is 2. The zero-order valence-corrected chi connectivity index (χ0v) is 37.8. The molecule has 0 radical (unpaired) electrons. The number of carboxylic acids is 2. The number of nitrogens with zero attached hydrogens (tertiary/aromatic N) is 4. The fraction of sp³-hybridized carbons (Fsp3) is 0.351. The smallest absolute Gasteiger partial charge is 0.416 e. The van der Waals surface area contributed by atoms with E-state index >= 15 is 0 Å². The zero-order valence-electron chi connectivity index (χ0n) is 33.8. The molecule has 1 aliphatic heterocycles.